The molecule has 21 heteroatoms. The highest BCUT2D eigenvalue weighted by molar-refractivity contribution is 7.13. The molecular formula is C51H81FN8O11S. The second-order valence-electron chi connectivity index (χ2n) is 20.1. The number of anilines is 1. The fourth-order valence-corrected chi connectivity index (χ4v) is 10.2. The van der Waals surface area contributed by atoms with Crippen LogP contribution in [0.1, 0.15) is 132 Å². The molecule has 2 saturated heterocycles. The number of aliphatic imine (C=N–C) groups is 1. The van der Waals surface area contributed by atoms with Crippen LogP contribution >= 0.6 is 11.3 Å². The number of oxime groups is 1. The molecule has 0 bridgehead atoms. The number of hydrogen-bond donors (Lipinski definition) is 5. The van der Waals surface area contributed by atoms with Gasteiger partial charge in [0.1, 0.15) is 28.6 Å². The molecule has 19 nitrogen and oxygen atoms in total. The summed E-state index contributed by atoms with van der Waals surface area (Å²) in [5, 5.41) is 33.7. The Labute approximate surface area is 428 Å². The number of hydrogen-bond acceptors (Lipinski definition) is 18. The fraction of sp³-hybridized carbons (Fsp3) is 0.725. The molecule has 0 saturated carbocycles. The van der Waals surface area contributed by atoms with Crippen molar-refractivity contribution >= 4 is 52.6 Å². The van der Waals surface area contributed by atoms with Crippen LogP contribution in [0.15, 0.2) is 33.9 Å². The number of Topliss-reactive ketones (excluding diaryl/α,β-unsaturated/α-hetero) is 1. The molecule has 0 radical (unpaired) electrons. The summed E-state index contributed by atoms with van der Waals surface area (Å²) in [6, 6.07) is 2.52. The number of ether oxygens (including phenoxy) is 4. The van der Waals surface area contributed by atoms with E-state index >= 15 is 4.39 Å². The minimum atomic E-state index is -3.22. The van der Waals surface area contributed by atoms with Gasteiger partial charge in [-0.05, 0) is 117 Å². The normalized spacial score (nSPS) is 31.7. The monoisotopic (exact) mass is 1030 g/mol. The molecule has 72 heavy (non-hydrogen) atoms. The van der Waals surface area contributed by atoms with E-state index in [4.69, 9.17) is 35.3 Å². The first-order chi connectivity index (χ1) is 33.9. The first kappa shape index (κ1) is 60.4. The fourth-order valence-electron chi connectivity index (χ4n) is 9.49. The van der Waals surface area contributed by atoms with Crippen LogP contribution in [0.2, 0.25) is 0 Å². The van der Waals surface area contributed by atoms with Gasteiger partial charge in [-0.1, -0.05) is 52.6 Å². The lowest BCUT2D eigenvalue weighted by molar-refractivity contribution is -0.296. The van der Waals surface area contributed by atoms with Gasteiger partial charge < -0.3 is 55.7 Å². The zero-order valence-electron chi connectivity index (χ0n) is 44.1. The molecule has 0 aromatic carbocycles. The largest absolute Gasteiger partial charge is 0.457 e. The molecule has 0 aliphatic carbocycles. The maximum absolute atomic E-state index is 17.1. The molecule has 404 valence electrons. The Morgan fingerprint density at radius 3 is 2.50 bits per heavy atom. The van der Waals surface area contributed by atoms with Crippen LogP contribution in [0.3, 0.4) is 0 Å². The predicted molar refractivity (Wildman–Crippen MR) is 274 cm³/mol. The zero-order chi connectivity index (χ0) is 53.6. The topological polar surface area (TPSA) is 273 Å². The van der Waals surface area contributed by atoms with Crippen molar-refractivity contribution in [3.63, 3.8) is 0 Å². The molecule has 2 aromatic heterocycles. The van der Waals surface area contributed by atoms with Gasteiger partial charge in [0, 0.05) is 41.7 Å². The number of esters is 1. The highest BCUT2D eigenvalue weighted by Gasteiger charge is 2.55. The van der Waals surface area contributed by atoms with Crippen LogP contribution in [-0.2, 0) is 49.6 Å². The van der Waals surface area contributed by atoms with Crippen molar-refractivity contribution in [2.24, 2.45) is 39.4 Å². The van der Waals surface area contributed by atoms with Gasteiger partial charge in [-0.2, -0.15) is 0 Å². The molecule has 2 amide bonds. The quantitative estimate of drug-likeness (QED) is 0.0359. The molecule has 13 unspecified atom stereocenters. The zero-order valence-corrected chi connectivity index (χ0v) is 44.9. The number of aromatic nitrogens is 2. The molecule has 7 N–H and O–H groups in total. The number of alkyl halides is 1. The number of carbonyl (C=O) groups excluding carboxylic acids is 4. The lowest BCUT2D eigenvalue weighted by Gasteiger charge is -2.46. The Kier molecular flexibility index (Phi) is 23.0. The Bertz CT molecular complexity index is 2140. The molecule has 13 atom stereocenters. The highest BCUT2D eigenvalue weighted by atomic mass is 32.1. The van der Waals surface area contributed by atoms with E-state index in [-0.39, 0.29) is 69.3 Å². The summed E-state index contributed by atoms with van der Waals surface area (Å²) in [5.41, 5.74) is 6.75. The van der Waals surface area contributed by atoms with Crippen LogP contribution in [0.5, 0.6) is 0 Å². The summed E-state index contributed by atoms with van der Waals surface area (Å²) >= 11 is 1.33. The van der Waals surface area contributed by atoms with E-state index < -0.39 is 77.0 Å². The van der Waals surface area contributed by atoms with Crippen molar-refractivity contribution in [1.82, 2.24) is 14.9 Å². The van der Waals surface area contributed by atoms with Crippen molar-refractivity contribution in [3.05, 3.63) is 29.4 Å². The van der Waals surface area contributed by atoms with E-state index in [1.165, 1.54) is 31.4 Å². The lowest BCUT2D eigenvalue weighted by Crippen LogP contribution is -2.60. The smallest absolute Gasteiger partial charge is 0.351 e. The van der Waals surface area contributed by atoms with E-state index in [1.54, 1.807) is 45.3 Å². The van der Waals surface area contributed by atoms with E-state index in [0.29, 0.717) is 53.6 Å². The van der Waals surface area contributed by atoms with Crippen LogP contribution in [0.25, 0.3) is 10.6 Å². The number of unbranched alkanes of at least 4 members (excludes halogenated alkanes) is 1. The van der Waals surface area contributed by atoms with Crippen molar-refractivity contribution in [2.75, 3.05) is 32.6 Å². The third-order valence-corrected chi connectivity index (χ3v) is 14.8. The number of nitrogens with zero attached hydrogens (tertiary/aromatic N) is 5. The number of aliphatic hydroxyl groups excluding tert-OH is 1. The summed E-state index contributed by atoms with van der Waals surface area (Å²) in [6.45, 7) is 14.6. The third-order valence-electron chi connectivity index (χ3n) is 13.9. The van der Waals surface area contributed by atoms with Gasteiger partial charge in [0.15, 0.2) is 18.7 Å². The number of ketones is 1. The lowest BCUT2D eigenvalue weighted by atomic mass is 9.73. The van der Waals surface area contributed by atoms with E-state index in [0.717, 1.165) is 19.8 Å². The highest BCUT2D eigenvalue weighted by Crippen LogP contribution is 2.39. The molecule has 2 aliphatic heterocycles. The third kappa shape index (κ3) is 15.9. The summed E-state index contributed by atoms with van der Waals surface area (Å²) < 4.78 is 42.5. The number of amides is 2. The summed E-state index contributed by atoms with van der Waals surface area (Å²) in [5.74, 6) is -5.70. The summed E-state index contributed by atoms with van der Waals surface area (Å²) in [4.78, 5) is 74.5. The molecule has 2 aliphatic rings. The molecule has 4 heterocycles. The number of rotatable bonds is 19. The number of nitrogens with one attached hydrogen (secondary N) is 1. The first-order valence-electron chi connectivity index (χ1n) is 25.3. The number of pyridine rings is 1. The molecule has 4 rings (SSSR count). The van der Waals surface area contributed by atoms with Crippen LogP contribution in [-0.4, -0.2) is 147 Å². The van der Waals surface area contributed by atoms with Gasteiger partial charge in [-0.3, -0.25) is 19.4 Å². The standard InChI is InChI=1S/C51H81FN8O11S/c1-12-22-49(7)44(71-47-42(62)38(60(10)11)24-31(5)69-47)32(6)43(63)50(8,52)48(65)70-39(13-2)51(9,66)36(30(4)25-56-41(61)14-3)21-20-35(27-67-49)59-68-28-34-19-18-33(26-55-34)46-58-40(29-72-46)57-45(64)37(54)17-15-16-23-53/h18-19,25-26,29-32,36-39,42,44,47,62,66H,12-17,20-24,27-28,53-54H2,1-11H3,(H,57,64). The second kappa shape index (κ2) is 27.4. The SMILES string of the molecule is CCCC1(C)OCC(=NOCc2ccc(-c3nc(NC(=O)C(N)CCCCN)cs3)cn2)CCC(C(C)C=NC(=O)CC)C(C)(O)C(CC)OC(=O)C(C)(F)C(=O)C(C)C1OC1OC(C)CC(N(C)C)C1O. The predicted octanol–water partition coefficient (Wildman–Crippen LogP) is 5.92. The van der Waals surface area contributed by atoms with Gasteiger partial charge in [-0.25, -0.2) is 19.2 Å². The molecule has 0 spiro atoms. The number of carbonyl (C=O) groups is 4. The minimum absolute atomic E-state index is 0.0408. The van der Waals surface area contributed by atoms with Crippen molar-refractivity contribution < 1.29 is 57.6 Å². The minimum Gasteiger partial charge on any atom is -0.457 e. The second-order valence-corrected chi connectivity index (χ2v) is 20.9. The average Bonchev–Trinajstić information content (AvgIpc) is 3.81. The van der Waals surface area contributed by atoms with Crippen molar-refractivity contribution in [3.8, 4) is 10.6 Å². The Morgan fingerprint density at radius 2 is 1.88 bits per heavy atom. The molecule has 2 aromatic rings. The van der Waals surface area contributed by atoms with Crippen LogP contribution < -0.4 is 16.8 Å². The van der Waals surface area contributed by atoms with Crippen molar-refractivity contribution in [2.45, 2.75) is 193 Å². The van der Waals surface area contributed by atoms with Crippen LogP contribution in [0, 0.1) is 17.8 Å². The number of halogens is 1. The number of likely N-dealkylation sites (N-methyl/N-ethyl adjacent to an activating group) is 1. The van der Waals surface area contributed by atoms with Gasteiger partial charge >= 0.3 is 5.97 Å². The number of thiazole rings is 1. The van der Waals surface area contributed by atoms with Gasteiger partial charge in [-0.15, -0.1) is 11.3 Å². The van der Waals surface area contributed by atoms with E-state index in [2.05, 4.69) is 25.4 Å². The van der Waals surface area contributed by atoms with Gasteiger partial charge in [0.25, 0.3) is 5.67 Å². The molecule has 2 fully saturated rings. The average molecular weight is 1030 g/mol. The summed E-state index contributed by atoms with van der Waals surface area (Å²) in [7, 11) is 3.66. The van der Waals surface area contributed by atoms with Gasteiger partial charge in [0.2, 0.25) is 11.8 Å². The first-order valence-corrected chi connectivity index (χ1v) is 26.2. The number of aliphatic hydroxyl groups is 2. The maximum Gasteiger partial charge on any atom is 0.351 e. The van der Waals surface area contributed by atoms with E-state index in [1.807, 2.05) is 38.9 Å². The van der Waals surface area contributed by atoms with E-state index in [9.17, 15) is 29.4 Å². The Hall–Kier alpha value is -4.19. The number of cyclic esters (lactones) is 1. The molecular weight excluding hydrogens is 952 g/mol. The Balaban J connectivity index is 1.73. The maximum atomic E-state index is 17.1. The Morgan fingerprint density at radius 1 is 1.15 bits per heavy atom. The van der Waals surface area contributed by atoms with Gasteiger partial charge in [0.05, 0.1) is 41.9 Å². The van der Waals surface area contributed by atoms with Crippen molar-refractivity contribution in [1.29, 1.82) is 0 Å². The summed E-state index contributed by atoms with van der Waals surface area (Å²) in [6.07, 6.45) is 1.51. The number of nitrogens with two attached hydrogens (primary N) is 2. The van der Waals surface area contributed by atoms with Crippen LogP contribution in [0.4, 0.5) is 10.2 Å².